The van der Waals surface area contributed by atoms with Gasteiger partial charge >= 0.3 is 0 Å². The van der Waals surface area contributed by atoms with Gasteiger partial charge in [-0.1, -0.05) is 38.8 Å². The summed E-state index contributed by atoms with van der Waals surface area (Å²) in [7, 11) is 0. The molecular formula is C28H40ClFN2O. The maximum absolute atomic E-state index is 14.0. The van der Waals surface area contributed by atoms with Gasteiger partial charge in [0, 0.05) is 5.92 Å². The lowest BCUT2D eigenvalue weighted by Gasteiger charge is -2.61. The summed E-state index contributed by atoms with van der Waals surface area (Å²) >= 11 is 5.81. The van der Waals surface area contributed by atoms with Crippen LogP contribution in [0.15, 0.2) is 12.1 Å². The number of rotatable bonds is 4. The number of hydrogen-bond acceptors (Lipinski definition) is 3. The van der Waals surface area contributed by atoms with Crippen molar-refractivity contribution in [2.45, 2.75) is 78.6 Å². The van der Waals surface area contributed by atoms with Crippen LogP contribution in [0, 0.1) is 52.2 Å². The molecule has 8 atom stereocenters. The molecule has 0 aromatic heterocycles. The van der Waals surface area contributed by atoms with Gasteiger partial charge in [0.25, 0.3) is 0 Å². The zero-order valence-electron chi connectivity index (χ0n) is 20.4. The second kappa shape index (κ2) is 8.43. The van der Waals surface area contributed by atoms with Crippen LogP contribution < -0.4 is 11.1 Å². The Hall–Kier alpha value is -1.29. The first-order valence-electron chi connectivity index (χ1n) is 13.1. The smallest absolute Gasteiger partial charge is 0.166 e. The van der Waals surface area contributed by atoms with Crippen LogP contribution in [0.4, 0.5) is 15.8 Å². The molecule has 0 spiro atoms. The van der Waals surface area contributed by atoms with Crippen molar-refractivity contribution in [3.8, 4) is 0 Å². The minimum absolute atomic E-state index is 0.00289. The van der Waals surface area contributed by atoms with Gasteiger partial charge in [0.2, 0.25) is 0 Å². The topological polar surface area (TPSA) is 55.1 Å². The third-order valence-corrected chi connectivity index (χ3v) is 11.2. The fraction of sp³-hybridized carbons (Fsp3) is 0.750. The molecule has 182 valence electrons. The molecule has 33 heavy (non-hydrogen) atoms. The molecule has 3 N–H and O–H groups in total. The highest BCUT2D eigenvalue weighted by Gasteiger charge is 2.60. The van der Waals surface area contributed by atoms with Crippen molar-refractivity contribution in [3.63, 3.8) is 0 Å². The van der Waals surface area contributed by atoms with Crippen molar-refractivity contribution < 1.29 is 9.18 Å². The lowest BCUT2D eigenvalue weighted by Crippen LogP contribution is -2.53. The molecule has 0 saturated heterocycles. The summed E-state index contributed by atoms with van der Waals surface area (Å²) in [6, 6.07) is 3.14. The molecule has 4 saturated carbocycles. The molecule has 0 aliphatic heterocycles. The number of hydrogen-bond donors (Lipinski definition) is 2. The molecule has 4 aliphatic rings. The Morgan fingerprint density at radius 3 is 2.61 bits per heavy atom. The van der Waals surface area contributed by atoms with E-state index >= 15 is 0 Å². The number of benzene rings is 1. The largest absolute Gasteiger partial charge is 0.395 e. The number of nitrogens with one attached hydrogen (secondary N) is 1. The van der Waals surface area contributed by atoms with Gasteiger partial charge in [-0.15, -0.1) is 0 Å². The molecule has 1 aromatic rings. The molecule has 3 nitrogen and oxygen atoms in total. The fourth-order valence-electron chi connectivity index (χ4n) is 9.03. The molecule has 5 heteroatoms. The second-order valence-corrected chi connectivity index (χ2v) is 12.8. The second-order valence-electron chi connectivity index (χ2n) is 12.4. The molecule has 3 unspecified atom stereocenters. The minimum Gasteiger partial charge on any atom is -0.395 e. The maximum atomic E-state index is 14.0. The number of carbonyl (C=O) groups excluding carboxylic acids is 1. The van der Waals surface area contributed by atoms with E-state index in [0.29, 0.717) is 17.0 Å². The van der Waals surface area contributed by atoms with Crippen LogP contribution in [-0.4, -0.2) is 12.3 Å². The Morgan fingerprint density at radius 2 is 1.82 bits per heavy atom. The van der Waals surface area contributed by atoms with Gasteiger partial charge in [0.05, 0.1) is 22.9 Å². The van der Waals surface area contributed by atoms with E-state index in [2.05, 4.69) is 26.1 Å². The van der Waals surface area contributed by atoms with Crippen molar-refractivity contribution in [2.75, 3.05) is 17.6 Å². The summed E-state index contributed by atoms with van der Waals surface area (Å²) in [5, 5.41) is 3.10. The first-order chi connectivity index (χ1) is 15.6. The Labute approximate surface area is 203 Å². The summed E-state index contributed by atoms with van der Waals surface area (Å²) in [6.07, 6.45) is 11.6. The van der Waals surface area contributed by atoms with Gasteiger partial charge in [0.1, 0.15) is 0 Å². The number of anilines is 2. The Morgan fingerprint density at radius 1 is 1.09 bits per heavy atom. The highest BCUT2D eigenvalue weighted by Crippen LogP contribution is 2.67. The monoisotopic (exact) mass is 474 g/mol. The predicted molar refractivity (Wildman–Crippen MR) is 134 cm³/mol. The number of halogens is 2. The number of nitrogens with two attached hydrogens (primary N) is 1. The molecule has 0 amide bonds. The zero-order valence-corrected chi connectivity index (χ0v) is 21.2. The highest BCUT2D eigenvalue weighted by atomic mass is 35.5. The Bertz CT molecular complexity index is 937. The van der Waals surface area contributed by atoms with Crippen LogP contribution >= 0.6 is 11.6 Å². The zero-order chi connectivity index (χ0) is 23.5. The molecule has 4 aliphatic carbocycles. The van der Waals surface area contributed by atoms with Crippen molar-refractivity contribution >= 4 is 28.8 Å². The van der Waals surface area contributed by atoms with Crippen molar-refractivity contribution in [1.29, 1.82) is 0 Å². The first-order valence-corrected chi connectivity index (χ1v) is 13.5. The van der Waals surface area contributed by atoms with Gasteiger partial charge < -0.3 is 11.1 Å². The Balaban J connectivity index is 1.29. The molecule has 5 rings (SSSR count). The lowest BCUT2D eigenvalue weighted by molar-refractivity contribution is -0.135. The highest BCUT2D eigenvalue weighted by molar-refractivity contribution is 6.31. The number of carbonyl (C=O) groups is 1. The summed E-state index contributed by atoms with van der Waals surface area (Å²) in [6.45, 7) is 7.65. The van der Waals surface area contributed by atoms with Crippen molar-refractivity contribution in [1.82, 2.24) is 0 Å². The van der Waals surface area contributed by atoms with Crippen molar-refractivity contribution in [2.24, 2.45) is 46.3 Å². The third-order valence-electron chi connectivity index (χ3n) is 10.9. The summed E-state index contributed by atoms with van der Waals surface area (Å²) in [4.78, 5) is 13.4. The van der Waals surface area contributed by atoms with Crippen LogP contribution in [0.1, 0.15) is 78.6 Å². The normalized spacial score (nSPS) is 42.2. The average molecular weight is 475 g/mol. The van der Waals surface area contributed by atoms with Gasteiger partial charge in [-0.3, -0.25) is 4.79 Å². The van der Waals surface area contributed by atoms with Crippen LogP contribution in [0.5, 0.6) is 0 Å². The number of Topliss-reactive ketones (excluding diaryl/α,β-unsaturated/α-hetero) is 1. The third kappa shape index (κ3) is 3.70. The van der Waals surface area contributed by atoms with E-state index in [4.69, 9.17) is 17.3 Å². The summed E-state index contributed by atoms with van der Waals surface area (Å²) in [5.74, 6) is 3.79. The van der Waals surface area contributed by atoms with E-state index in [9.17, 15) is 9.18 Å². The van der Waals surface area contributed by atoms with Gasteiger partial charge in [-0.05, 0) is 104 Å². The van der Waals surface area contributed by atoms with Crippen molar-refractivity contribution in [3.05, 3.63) is 23.0 Å². The molecule has 0 radical (unpaired) electrons. The standard InChI is InChI=1S/C28H40ClFN2O/c1-16-10-12-27(2)17(14-16)4-5-18-19-6-7-21(28(19,3)13-11-20(18)27)24(33)15-32-23-9-8-22(29)25(30)26(23)31/h8-9,16-21,32H,4-7,10-15,31H2,1-3H3/t16-,17?,18-,19?,20?,21+,27-,28-/m0/s1. The lowest BCUT2D eigenvalue weighted by atomic mass is 9.44. The van der Waals surface area contributed by atoms with E-state index in [0.717, 1.165) is 30.1 Å². The summed E-state index contributed by atoms with van der Waals surface area (Å²) < 4.78 is 14.0. The summed E-state index contributed by atoms with van der Waals surface area (Å²) in [5.41, 5.74) is 6.91. The fourth-order valence-corrected chi connectivity index (χ4v) is 9.19. The van der Waals surface area contributed by atoms with Gasteiger partial charge in [-0.25, -0.2) is 4.39 Å². The quantitative estimate of drug-likeness (QED) is 0.449. The van der Waals surface area contributed by atoms with E-state index in [1.54, 1.807) is 6.07 Å². The van der Waals surface area contributed by atoms with Gasteiger partial charge in [-0.2, -0.15) is 0 Å². The molecule has 4 fully saturated rings. The van der Waals surface area contributed by atoms with Crippen LogP contribution in [0.2, 0.25) is 5.02 Å². The Kier molecular flexibility index (Phi) is 5.99. The first kappa shape index (κ1) is 23.5. The predicted octanol–water partition coefficient (Wildman–Crippen LogP) is 7.34. The van der Waals surface area contributed by atoms with E-state index in [1.807, 2.05) is 0 Å². The van der Waals surface area contributed by atoms with Gasteiger partial charge in [0.15, 0.2) is 11.6 Å². The van der Waals surface area contributed by atoms with Crippen LogP contribution in [-0.2, 0) is 4.79 Å². The average Bonchev–Trinajstić information content (AvgIpc) is 3.14. The maximum Gasteiger partial charge on any atom is 0.166 e. The molecule has 0 heterocycles. The molecule has 0 bridgehead atoms. The van der Waals surface area contributed by atoms with Crippen LogP contribution in [0.25, 0.3) is 0 Å². The molecular weight excluding hydrogens is 435 g/mol. The molecule has 1 aromatic carbocycles. The number of nitrogen functional groups attached to an aromatic ring is 1. The van der Waals surface area contributed by atoms with E-state index < -0.39 is 5.82 Å². The SMILES string of the molecule is C[C@H]1CC[C@@]2(C)C(CC[C@@H]3C2CC[C@@]2(C)C3CC[C@@H]2C(=O)CNc2ccc(Cl)c(F)c2N)C1. The van der Waals surface area contributed by atoms with Crippen LogP contribution in [0.3, 0.4) is 0 Å². The number of fused-ring (bicyclic) bond motifs is 5. The van der Waals surface area contributed by atoms with E-state index in [1.165, 1.54) is 57.4 Å². The number of ketones is 1. The van der Waals surface area contributed by atoms with E-state index in [-0.39, 0.29) is 34.4 Å². The minimum atomic E-state index is -0.624.